The fourth-order valence-corrected chi connectivity index (χ4v) is 14.3. The Kier molecular flexibility index (Phi) is 12.0. The van der Waals surface area contributed by atoms with Gasteiger partial charge in [0.05, 0.1) is 11.4 Å². The van der Waals surface area contributed by atoms with Crippen molar-refractivity contribution in [2.24, 2.45) is 0 Å². The molecule has 2 heterocycles. The Morgan fingerprint density at radius 2 is 0.785 bits per heavy atom. The van der Waals surface area contributed by atoms with Crippen LogP contribution in [0.1, 0.15) is 49.9 Å². The highest BCUT2D eigenvalue weighted by Crippen LogP contribution is 2.56. The maximum absolute atomic E-state index is 4.89. The fourth-order valence-electron chi connectivity index (χ4n) is 12.9. The minimum Gasteiger partial charge on any atom is -0.340 e. The highest BCUT2D eigenvalue weighted by atomic mass is 79.9. The first-order chi connectivity index (χ1) is 38.5. The molecule has 0 spiro atoms. The van der Waals surface area contributed by atoms with E-state index < -0.39 is 0 Å². The summed E-state index contributed by atoms with van der Waals surface area (Å²) in [6, 6.07) is 78.1. The van der Waals surface area contributed by atoms with E-state index in [1.54, 1.807) is 0 Å². The summed E-state index contributed by atoms with van der Waals surface area (Å²) in [4.78, 5) is 11.6. The lowest BCUT2D eigenvalue weighted by molar-refractivity contribution is 0.660. The largest absolute Gasteiger partial charge is 0.340 e. The molecule has 16 rings (SSSR count). The van der Waals surface area contributed by atoms with Crippen LogP contribution in [0.25, 0.3) is 86.9 Å². The Labute approximate surface area is 484 Å². The number of pyridine rings is 2. The first-order valence-electron chi connectivity index (χ1n) is 26.7. The van der Waals surface area contributed by atoms with Gasteiger partial charge in [0.1, 0.15) is 11.6 Å². The molecular formula is C72H51Br3N4. The van der Waals surface area contributed by atoms with Gasteiger partial charge in [0.25, 0.3) is 0 Å². The second-order valence-electron chi connectivity index (χ2n) is 21.7. The maximum Gasteiger partial charge on any atom is 0.137 e. The van der Waals surface area contributed by atoms with Crippen LogP contribution in [0.3, 0.4) is 0 Å². The molecule has 0 atom stereocenters. The van der Waals surface area contributed by atoms with E-state index in [0.717, 1.165) is 42.1 Å². The number of nitrogens with one attached hydrogen (secondary N) is 1. The van der Waals surface area contributed by atoms with Gasteiger partial charge in [-0.2, -0.15) is 0 Å². The Balaban J connectivity index is 0.000000119. The van der Waals surface area contributed by atoms with E-state index in [2.05, 4.69) is 285 Å². The summed E-state index contributed by atoms with van der Waals surface area (Å²) >= 11 is 11.1. The average Bonchev–Trinajstić information content (AvgIpc) is 4.09. The standard InChI is InChI=1S/C36H25BrN2.C20H18N2.C16H8Br2/c1-36(2)27-9-4-3-8-24(27)35-28(36)10-7-11-31(35)39(32-12-5-6-21-38-32)30-20-16-23-13-17-25-29(37)19-15-22-14-18-26(30)34(23)33(22)25;1-20(2)15-9-4-3-8-14(15)19-16(20)10-7-11-17(19)22-18-12-5-6-13-21-18;17-13-8-4-10-2-6-12-14(18)7-3-9-1-5-11(13)16(10)15(9)12/h3-21H,1-2H3;3-13H,1-2H3,(H,21,22);1-8H. The van der Waals surface area contributed by atoms with Crippen LogP contribution in [0, 0.1) is 0 Å². The van der Waals surface area contributed by atoms with E-state index in [9.17, 15) is 0 Å². The summed E-state index contributed by atoms with van der Waals surface area (Å²) in [6.07, 6.45) is 3.69. The maximum atomic E-state index is 4.89. The number of hydrogen-bond donors (Lipinski definition) is 1. The van der Waals surface area contributed by atoms with Crippen LogP contribution in [0.15, 0.2) is 244 Å². The molecule has 380 valence electrons. The second-order valence-corrected chi connectivity index (χ2v) is 24.3. The molecule has 0 bridgehead atoms. The fraction of sp³-hybridized carbons (Fsp3) is 0.0833. The molecule has 0 radical (unpaired) electrons. The van der Waals surface area contributed by atoms with Gasteiger partial charge in [-0.25, -0.2) is 9.97 Å². The van der Waals surface area contributed by atoms with Gasteiger partial charge < -0.3 is 5.32 Å². The lowest BCUT2D eigenvalue weighted by Gasteiger charge is -2.29. The predicted octanol–water partition coefficient (Wildman–Crippen LogP) is 21.8. The summed E-state index contributed by atoms with van der Waals surface area (Å²) in [5.74, 6) is 1.78. The highest BCUT2D eigenvalue weighted by Gasteiger charge is 2.39. The quantitative estimate of drug-likeness (QED) is 0.174. The monoisotopic (exact) mass is 1210 g/mol. The highest BCUT2D eigenvalue weighted by molar-refractivity contribution is 9.11. The molecule has 0 unspecified atom stereocenters. The van der Waals surface area contributed by atoms with Crippen molar-refractivity contribution in [3.8, 4) is 22.3 Å². The smallest absolute Gasteiger partial charge is 0.137 e. The van der Waals surface area contributed by atoms with Gasteiger partial charge in [-0.15, -0.1) is 0 Å². The molecule has 0 aliphatic heterocycles. The Hall–Kier alpha value is -7.94. The molecule has 12 aromatic carbocycles. The third-order valence-electron chi connectivity index (χ3n) is 16.6. The first-order valence-corrected chi connectivity index (χ1v) is 29.1. The summed E-state index contributed by atoms with van der Waals surface area (Å²) in [5.41, 5.74) is 14.1. The molecule has 0 fully saturated rings. The van der Waals surface area contributed by atoms with Gasteiger partial charge >= 0.3 is 0 Å². The normalized spacial score (nSPS) is 13.5. The van der Waals surface area contributed by atoms with Crippen molar-refractivity contribution in [3.05, 3.63) is 266 Å². The summed E-state index contributed by atoms with van der Waals surface area (Å²) < 4.78 is 3.44. The van der Waals surface area contributed by atoms with E-state index in [1.807, 2.05) is 36.7 Å². The number of rotatable bonds is 5. The minimum atomic E-state index is -0.0767. The van der Waals surface area contributed by atoms with Gasteiger partial charge in [0, 0.05) is 58.8 Å². The topological polar surface area (TPSA) is 41.1 Å². The van der Waals surface area contributed by atoms with Crippen molar-refractivity contribution < 1.29 is 0 Å². The number of hydrogen-bond acceptors (Lipinski definition) is 4. The molecule has 79 heavy (non-hydrogen) atoms. The van der Waals surface area contributed by atoms with Crippen molar-refractivity contribution >= 4 is 141 Å². The molecule has 4 nitrogen and oxygen atoms in total. The van der Waals surface area contributed by atoms with Crippen LogP contribution in [-0.2, 0) is 10.8 Å². The van der Waals surface area contributed by atoms with Crippen LogP contribution >= 0.6 is 47.8 Å². The summed E-state index contributed by atoms with van der Waals surface area (Å²) in [6.45, 7) is 9.26. The molecule has 2 aromatic heterocycles. The summed E-state index contributed by atoms with van der Waals surface area (Å²) in [5, 5.41) is 18.9. The number of halogens is 3. The SMILES string of the molecule is Brc1ccc2ccc3c(Br)ccc4ccc1c2c43.CC1(C)c2ccccc2-c2c(N(c3ccccn3)c3ccc4ccc5c(Br)ccc6ccc3c4c65)cccc21.CC1(C)c2ccccc2-c2c(Nc3ccccn3)cccc21. The van der Waals surface area contributed by atoms with E-state index >= 15 is 0 Å². The zero-order valence-electron chi connectivity index (χ0n) is 43.9. The van der Waals surface area contributed by atoms with Crippen LogP contribution in [-0.4, -0.2) is 9.97 Å². The second kappa shape index (κ2) is 19.2. The number of anilines is 5. The third-order valence-corrected chi connectivity index (χ3v) is 18.7. The molecule has 0 saturated carbocycles. The van der Waals surface area contributed by atoms with Crippen molar-refractivity contribution in [2.45, 2.75) is 38.5 Å². The van der Waals surface area contributed by atoms with Crippen molar-refractivity contribution in [2.75, 3.05) is 10.2 Å². The van der Waals surface area contributed by atoms with E-state index in [4.69, 9.17) is 4.98 Å². The molecule has 2 aliphatic rings. The first kappa shape index (κ1) is 49.4. The van der Waals surface area contributed by atoms with Crippen LogP contribution in [0.2, 0.25) is 0 Å². The number of fused-ring (bicyclic) bond motifs is 6. The van der Waals surface area contributed by atoms with E-state index in [1.165, 1.54) is 109 Å². The predicted molar refractivity (Wildman–Crippen MR) is 345 cm³/mol. The molecular weight excluding hydrogens is 1160 g/mol. The van der Waals surface area contributed by atoms with Crippen LogP contribution in [0.5, 0.6) is 0 Å². The zero-order chi connectivity index (χ0) is 53.7. The molecule has 14 aromatic rings. The lowest BCUT2D eigenvalue weighted by Crippen LogP contribution is -2.16. The van der Waals surface area contributed by atoms with Crippen LogP contribution in [0.4, 0.5) is 28.7 Å². The van der Waals surface area contributed by atoms with Crippen molar-refractivity contribution in [1.82, 2.24) is 9.97 Å². The van der Waals surface area contributed by atoms with Gasteiger partial charge in [-0.1, -0.05) is 233 Å². The molecule has 0 amide bonds. The molecule has 7 heteroatoms. The number of nitrogens with zero attached hydrogens (tertiary/aromatic N) is 3. The minimum absolute atomic E-state index is 0.0354. The average molecular weight is 1210 g/mol. The Morgan fingerprint density at radius 1 is 0.354 bits per heavy atom. The third kappa shape index (κ3) is 7.95. The summed E-state index contributed by atoms with van der Waals surface area (Å²) in [7, 11) is 0. The van der Waals surface area contributed by atoms with Gasteiger partial charge in [-0.05, 0) is 153 Å². The van der Waals surface area contributed by atoms with Crippen LogP contribution < -0.4 is 10.2 Å². The van der Waals surface area contributed by atoms with Gasteiger partial charge in [-0.3, -0.25) is 4.90 Å². The van der Waals surface area contributed by atoms with Crippen molar-refractivity contribution in [3.63, 3.8) is 0 Å². The Morgan fingerprint density at radius 3 is 1.32 bits per heavy atom. The molecule has 0 saturated heterocycles. The van der Waals surface area contributed by atoms with Crippen molar-refractivity contribution in [1.29, 1.82) is 0 Å². The van der Waals surface area contributed by atoms with Gasteiger partial charge in [0.15, 0.2) is 0 Å². The van der Waals surface area contributed by atoms with E-state index in [0.29, 0.717) is 0 Å². The Bertz CT molecular complexity index is 4610. The number of aromatic nitrogens is 2. The zero-order valence-corrected chi connectivity index (χ0v) is 48.7. The number of benzene rings is 12. The van der Waals surface area contributed by atoms with E-state index in [-0.39, 0.29) is 10.8 Å². The lowest BCUT2D eigenvalue weighted by atomic mass is 9.82. The molecule has 1 N–H and O–H groups in total. The molecule has 2 aliphatic carbocycles. The van der Waals surface area contributed by atoms with Gasteiger partial charge in [0.2, 0.25) is 0 Å².